The maximum atomic E-state index is 13.0. The van der Waals surface area contributed by atoms with Crippen molar-refractivity contribution in [1.82, 2.24) is 4.72 Å². The first kappa shape index (κ1) is 14.6. The maximum Gasteiger partial charge on any atom is 0.321 e. The predicted molar refractivity (Wildman–Crippen MR) is 63.2 cm³/mol. The molecule has 0 aliphatic heterocycles. The SMILES string of the molecule is CCC(NS(=O)(=O)c1cc(F)ccc1C)C(=O)O. The lowest BCUT2D eigenvalue weighted by Crippen LogP contribution is -2.40. The summed E-state index contributed by atoms with van der Waals surface area (Å²) >= 11 is 0. The van der Waals surface area contributed by atoms with Gasteiger partial charge >= 0.3 is 5.97 Å². The molecule has 0 aliphatic carbocycles. The van der Waals surface area contributed by atoms with Crippen LogP contribution in [-0.2, 0) is 14.8 Å². The molecule has 0 saturated carbocycles. The van der Waals surface area contributed by atoms with Crippen LogP contribution in [-0.4, -0.2) is 25.5 Å². The summed E-state index contributed by atoms with van der Waals surface area (Å²) in [6.07, 6.45) is 0.100. The normalized spacial score (nSPS) is 13.3. The van der Waals surface area contributed by atoms with Gasteiger partial charge in [-0.15, -0.1) is 0 Å². The van der Waals surface area contributed by atoms with Crippen molar-refractivity contribution < 1.29 is 22.7 Å². The highest BCUT2D eigenvalue weighted by Crippen LogP contribution is 2.16. The molecular formula is C11H14FNO4S. The van der Waals surface area contributed by atoms with E-state index in [0.717, 1.165) is 12.1 Å². The molecule has 1 unspecified atom stereocenters. The van der Waals surface area contributed by atoms with E-state index in [1.54, 1.807) is 6.92 Å². The first-order valence-electron chi connectivity index (χ1n) is 5.29. The van der Waals surface area contributed by atoms with Gasteiger partial charge in [-0.25, -0.2) is 12.8 Å². The minimum atomic E-state index is -4.04. The standard InChI is InChI=1S/C11H14FNO4S/c1-3-9(11(14)15)13-18(16,17)10-6-8(12)5-4-7(10)2/h4-6,9,13H,3H2,1-2H3,(H,14,15). The minimum Gasteiger partial charge on any atom is -0.480 e. The van der Waals surface area contributed by atoms with Gasteiger partial charge < -0.3 is 5.11 Å². The Balaban J connectivity index is 3.14. The van der Waals surface area contributed by atoms with Crippen LogP contribution < -0.4 is 4.72 Å². The van der Waals surface area contributed by atoms with Crippen LogP contribution in [0.1, 0.15) is 18.9 Å². The van der Waals surface area contributed by atoms with Gasteiger partial charge in [-0.2, -0.15) is 4.72 Å². The molecule has 0 fully saturated rings. The topological polar surface area (TPSA) is 83.5 Å². The van der Waals surface area contributed by atoms with Crippen molar-refractivity contribution in [3.63, 3.8) is 0 Å². The highest BCUT2D eigenvalue weighted by Gasteiger charge is 2.25. The summed E-state index contributed by atoms with van der Waals surface area (Å²) in [6, 6.07) is 2.11. The Bertz CT molecular complexity index is 556. The third-order valence-corrected chi connectivity index (χ3v) is 4.06. The van der Waals surface area contributed by atoms with E-state index in [1.165, 1.54) is 13.0 Å². The largest absolute Gasteiger partial charge is 0.480 e. The lowest BCUT2D eigenvalue weighted by atomic mass is 10.2. The number of aliphatic carboxylic acids is 1. The Morgan fingerprint density at radius 2 is 2.11 bits per heavy atom. The molecular weight excluding hydrogens is 261 g/mol. The highest BCUT2D eigenvalue weighted by atomic mass is 32.2. The lowest BCUT2D eigenvalue weighted by Gasteiger charge is -2.14. The zero-order chi connectivity index (χ0) is 13.9. The molecule has 0 spiro atoms. The fourth-order valence-corrected chi connectivity index (χ4v) is 2.95. The molecule has 0 heterocycles. The number of nitrogens with one attached hydrogen (secondary N) is 1. The van der Waals surface area contributed by atoms with Gasteiger partial charge in [0.1, 0.15) is 11.9 Å². The molecule has 0 aliphatic rings. The number of carboxylic acids is 1. The van der Waals surface area contributed by atoms with E-state index in [4.69, 9.17) is 5.11 Å². The van der Waals surface area contributed by atoms with Gasteiger partial charge in [0.2, 0.25) is 10.0 Å². The van der Waals surface area contributed by atoms with Crippen LogP contribution in [0, 0.1) is 12.7 Å². The number of halogens is 1. The van der Waals surface area contributed by atoms with Crippen LogP contribution in [0.15, 0.2) is 23.1 Å². The van der Waals surface area contributed by atoms with Crippen LogP contribution in [0.5, 0.6) is 0 Å². The molecule has 18 heavy (non-hydrogen) atoms. The monoisotopic (exact) mass is 275 g/mol. The Labute approximate surface area is 105 Å². The molecule has 2 N–H and O–H groups in total. The average Bonchev–Trinajstić information content (AvgIpc) is 2.28. The van der Waals surface area contributed by atoms with Crippen LogP contribution in [0.25, 0.3) is 0 Å². The van der Waals surface area contributed by atoms with Crippen molar-refractivity contribution in [2.75, 3.05) is 0 Å². The van der Waals surface area contributed by atoms with Gasteiger partial charge in [-0.3, -0.25) is 4.79 Å². The molecule has 0 aromatic heterocycles. The van der Waals surface area contributed by atoms with E-state index in [2.05, 4.69) is 0 Å². The number of rotatable bonds is 5. The van der Waals surface area contributed by atoms with E-state index in [-0.39, 0.29) is 11.3 Å². The van der Waals surface area contributed by atoms with Gasteiger partial charge in [0, 0.05) is 0 Å². The zero-order valence-electron chi connectivity index (χ0n) is 9.97. The van der Waals surface area contributed by atoms with Crippen molar-refractivity contribution in [3.05, 3.63) is 29.6 Å². The summed E-state index contributed by atoms with van der Waals surface area (Å²) in [5.74, 6) is -1.96. The highest BCUT2D eigenvalue weighted by molar-refractivity contribution is 7.89. The molecule has 0 radical (unpaired) electrons. The molecule has 100 valence electrons. The van der Waals surface area contributed by atoms with Crippen molar-refractivity contribution in [2.45, 2.75) is 31.2 Å². The van der Waals surface area contributed by atoms with Crippen molar-refractivity contribution in [2.24, 2.45) is 0 Å². The van der Waals surface area contributed by atoms with Gasteiger partial charge in [-0.1, -0.05) is 13.0 Å². The van der Waals surface area contributed by atoms with Gasteiger partial charge in [-0.05, 0) is 31.0 Å². The number of sulfonamides is 1. The number of hydrogen-bond acceptors (Lipinski definition) is 3. The molecule has 5 nitrogen and oxygen atoms in total. The molecule has 1 aromatic carbocycles. The number of carbonyl (C=O) groups is 1. The fourth-order valence-electron chi connectivity index (χ4n) is 1.42. The second-order valence-corrected chi connectivity index (χ2v) is 5.51. The summed E-state index contributed by atoms with van der Waals surface area (Å²) in [5.41, 5.74) is 0.351. The number of aryl methyl sites for hydroxylation is 1. The van der Waals surface area contributed by atoms with Gasteiger partial charge in [0.15, 0.2) is 0 Å². The van der Waals surface area contributed by atoms with Crippen LogP contribution in [0.4, 0.5) is 4.39 Å². The Morgan fingerprint density at radius 1 is 1.50 bits per heavy atom. The molecule has 0 amide bonds. The van der Waals surface area contributed by atoms with Crippen LogP contribution >= 0.6 is 0 Å². The lowest BCUT2D eigenvalue weighted by molar-refractivity contribution is -0.139. The van der Waals surface area contributed by atoms with E-state index < -0.39 is 27.9 Å². The average molecular weight is 275 g/mol. The van der Waals surface area contributed by atoms with E-state index in [0.29, 0.717) is 5.56 Å². The summed E-state index contributed by atoms with van der Waals surface area (Å²) < 4.78 is 39.0. The third-order valence-electron chi connectivity index (χ3n) is 2.44. The van der Waals surface area contributed by atoms with Crippen molar-refractivity contribution in [3.8, 4) is 0 Å². The van der Waals surface area contributed by atoms with Crippen LogP contribution in [0.3, 0.4) is 0 Å². The molecule has 0 saturated heterocycles. The predicted octanol–water partition coefficient (Wildman–Crippen LogP) is 1.28. The Morgan fingerprint density at radius 3 is 2.61 bits per heavy atom. The van der Waals surface area contributed by atoms with Crippen LogP contribution in [0.2, 0.25) is 0 Å². The molecule has 7 heteroatoms. The number of hydrogen-bond donors (Lipinski definition) is 2. The fraction of sp³-hybridized carbons (Fsp3) is 0.364. The quantitative estimate of drug-likeness (QED) is 0.847. The summed E-state index contributed by atoms with van der Waals surface area (Å²) in [4.78, 5) is 10.5. The van der Waals surface area contributed by atoms with Gasteiger partial charge in [0.25, 0.3) is 0 Å². The second-order valence-electron chi connectivity index (χ2n) is 3.83. The number of carboxylic acid groups (broad SMARTS) is 1. The Kier molecular flexibility index (Phi) is 4.42. The maximum absolute atomic E-state index is 13.0. The second kappa shape index (κ2) is 5.45. The smallest absolute Gasteiger partial charge is 0.321 e. The van der Waals surface area contributed by atoms with Gasteiger partial charge in [0.05, 0.1) is 4.90 Å². The Hall–Kier alpha value is -1.47. The first-order valence-corrected chi connectivity index (χ1v) is 6.77. The van der Waals surface area contributed by atoms with Crippen molar-refractivity contribution in [1.29, 1.82) is 0 Å². The number of benzene rings is 1. The van der Waals surface area contributed by atoms with Crippen molar-refractivity contribution >= 4 is 16.0 Å². The van der Waals surface area contributed by atoms with E-state index >= 15 is 0 Å². The molecule has 0 bridgehead atoms. The third kappa shape index (κ3) is 3.27. The summed E-state index contributed by atoms with van der Waals surface area (Å²) in [5, 5.41) is 8.81. The first-order chi connectivity index (χ1) is 8.27. The minimum absolute atomic E-state index is 0.100. The molecule has 1 rings (SSSR count). The van der Waals surface area contributed by atoms with E-state index in [9.17, 15) is 17.6 Å². The zero-order valence-corrected chi connectivity index (χ0v) is 10.8. The molecule has 1 atom stereocenters. The summed E-state index contributed by atoms with van der Waals surface area (Å²) in [6.45, 7) is 3.05. The van der Waals surface area contributed by atoms with E-state index in [1.807, 2.05) is 4.72 Å². The summed E-state index contributed by atoms with van der Waals surface area (Å²) in [7, 11) is -4.04. The molecule has 1 aromatic rings.